The zero-order chi connectivity index (χ0) is 16.4. The van der Waals surface area contributed by atoms with Crippen molar-refractivity contribution in [2.75, 3.05) is 13.1 Å². The van der Waals surface area contributed by atoms with E-state index >= 15 is 0 Å². The van der Waals surface area contributed by atoms with Gasteiger partial charge in [-0.25, -0.2) is 4.39 Å². The van der Waals surface area contributed by atoms with Crippen LogP contribution in [-0.4, -0.2) is 34.1 Å². The first kappa shape index (κ1) is 16.1. The summed E-state index contributed by atoms with van der Waals surface area (Å²) in [5, 5.41) is 10.4. The zero-order valence-electron chi connectivity index (χ0n) is 12.8. The molecule has 1 aliphatic rings. The summed E-state index contributed by atoms with van der Waals surface area (Å²) in [5.41, 5.74) is 2.85. The van der Waals surface area contributed by atoms with E-state index in [-0.39, 0.29) is 18.3 Å². The minimum atomic E-state index is -0.315. The molecule has 0 saturated heterocycles. The molecule has 2 N–H and O–H groups in total. The number of hydrogen-bond acceptors (Lipinski definition) is 3. The van der Waals surface area contributed by atoms with Crippen molar-refractivity contribution in [1.29, 1.82) is 0 Å². The first-order valence-corrected chi connectivity index (χ1v) is 8.39. The number of hydrogen-bond donors (Lipinski definition) is 2. The summed E-state index contributed by atoms with van der Waals surface area (Å²) in [6, 6.07) is 4.75. The van der Waals surface area contributed by atoms with Crippen molar-refractivity contribution in [3.8, 4) is 0 Å². The molecule has 0 atom stereocenters. The molecule has 3 rings (SSSR count). The molecule has 0 bridgehead atoms. The number of aromatic nitrogens is 2. The summed E-state index contributed by atoms with van der Waals surface area (Å²) < 4.78 is 14.7. The predicted molar refractivity (Wildman–Crippen MR) is 88.5 cm³/mol. The van der Waals surface area contributed by atoms with E-state index in [9.17, 15) is 9.18 Å². The summed E-state index contributed by atoms with van der Waals surface area (Å²) in [5.74, 6) is -0.488. The third-order valence-electron chi connectivity index (χ3n) is 4.05. The van der Waals surface area contributed by atoms with Crippen LogP contribution >= 0.6 is 15.9 Å². The number of rotatable bonds is 4. The maximum atomic E-state index is 14.0. The van der Waals surface area contributed by atoms with Gasteiger partial charge in [0.15, 0.2) is 5.69 Å². The number of halogens is 2. The van der Waals surface area contributed by atoms with E-state index in [4.69, 9.17) is 0 Å². The lowest BCUT2D eigenvalue weighted by Crippen LogP contribution is -2.33. The molecule has 23 heavy (non-hydrogen) atoms. The van der Waals surface area contributed by atoms with Gasteiger partial charge in [-0.3, -0.25) is 9.89 Å². The number of H-pyrrole nitrogens is 1. The summed E-state index contributed by atoms with van der Waals surface area (Å²) in [7, 11) is 0. The Bertz CT molecular complexity index is 731. The monoisotopic (exact) mass is 380 g/mol. The molecular weight excluding hydrogens is 363 g/mol. The van der Waals surface area contributed by atoms with Crippen LogP contribution in [0.1, 0.15) is 34.2 Å². The van der Waals surface area contributed by atoms with E-state index < -0.39 is 0 Å². The molecule has 0 unspecified atom stereocenters. The fourth-order valence-electron chi connectivity index (χ4n) is 2.75. The van der Waals surface area contributed by atoms with E-state index in [1.54, 1.807) is 17.0 Å². The molecule has 1 aromatic carbocycles. The Kier molecular flexibility index (Phi) is 4.77. The van der Waals surface area contributed by atoms with Crippen molar-refractivity contribution in [3.63, 3.8) is 0 Å². The van der Waals surface area contributed by atoms with Crippen LogP contribution < -0.4 is 5.32 Å². The zero-order valence-corrected chi connectivity index (χ0v) is 14.4. The largest absolute Gasteiger partial charge is 0.333 e. The van der Waals surface area contributed by atoms with Crippen molar-refractivity contribution < 1.29 is 9.18 Å². The standard InChI is InChI=1S/C16H18BrFN4O/c1-2-22(9-10-7-11(17)3-4-13(10)18)16(23)15-12-8-19-6-5-14(12)20-21-15/h3-4,7,19H,2,5-6,8-9H2,1H3,(H,20,21). The Balaban J connectivity index is 1.84. The smallest absolute Gasteiger partial charge is 0.274 e. The van der Waals surface area contributed by atoms with Gasteiger partial charge in [0.1, 0.15) is 5.82 Å². The molecule has 0 fully saturated rings. The van der Waals surface area contributed by atoms with E-state index in [0.717, 1.165) is 28.7 Å². The minimum absolute atomic E-state index is 0.173. The Labute approximate surface area is 142 Å². The van der Waals surface area contributed by atoms with Gasteiger partial charge in [0, 0.05) is 53.9 Å². The average molecular weight is 381 g/mol. The van der Waals surface area contributed by atoms with Gasteiger partial charge in [0.25, 0.3) is 5.91 Å². The molecule has 2 aromatic rings. The molecule has 122 valence electrons. The number of aromatic amines is 1. The van der Waals surface area contributed by atoms with Crippen molar-refractivity contribution in [2.24, 2.45) is 0 Å². The third kappa shape index (κ3) is 3.30. The normalized spacial score (nSPS) is 13.7. The number of carbonyl (C=O) groups is 1. The highest BCUT2D eigenvalue weighted by Crippen LogP contribution is 2.20. The van der Waals surface area contributed by atoms with Gasteiger partial charge < -0.3 is 10.2 Å². The molecule has 1 aliphatic heterocycles. The lowest BCUT2D eigenvalue weighted by Gasteiger charge is -2.22. The number of benzene rings is 1. The van der Waals surface area contributed by atoms with Crippen molar-refractivity contribution in [2.45, 2.75) is 26.4 Å². The summed E-state index contributed by atoms with van der Waals surface area (Å²) in [6.45, 7) is 4.10. The molecule has 0 radical (unpaired) electrons. The van der Waals surface area contributed by atoms with E-state index in [2.05, 4.69) is 31.4 Å². The molecule has 0 saturated carbocycles. The quantitative estimate of drug-likeness (QED) is 0.856. The first-order chi connectivity index (χ1) is 11.1. The Hall–Kier alpha value is -1.73. The second-order valence-electron chi connectivity index (χ2n) is 5.51. The van der Waals surface area contributed by atoms with Crippen LogP contribution in [0.3, 0.4) is 0 Å². The summed E-state index contributed by atoms with van der Waals surface area (Å²) in [4.78, 5) is 14.4. The van der Waals surface area contributed by atoms with Crippen LogP contribution in [0.4, 0.5) is 4.39 Å². The second-order valence-corrected chi connectivity index (χ2v) is 6.43. The highest BCUT2D eigenvalue weighted by atomic mass is 79.9. The van der Waals surface area contributed by atoms with Gasteiger partial charge in [-0.2, -0.15) is 5.10 Å². The van der Waals surface area contributed by atoms with E-state index in [1.165, 1.54) is 6.07 Å². The van der Waals surface area contributed by atoms with Gasteiger partial charge in [-0.15, -0.1) is 0 Å². The van der Waals surface area contributed by atoms with Crippen LogP contribution in [0.2, 0.25) is 0 Å². The molecule has 0 aliphatic carbocycles. The number of amides is 1. The van der Waals surface area contributed by atoms with E-state index in [0.29, 0.717) is 24.3 Å². The molecule has 1 amide bonds. The summed E-state index contributed by atoms with van der Waals surface area (Å²) >= 11 is 3.34. The lowest BCUT2D eigenvalue weighted by atomic mass is 10.1. The van der Waals surface area contributed by atoms with Crippen LogP contribution in [0, 0.1) is 5.82 Å². The molecule has 2 heterocycles. The number of nitrogens with zero attached hydrogens (tertiary/aromatic N) is 2. The number of nitrogens with one attached hydrogen (secondary N) is 2. The second kappa shape index (κ2) is 6.80. The fourth-order valence-corrected chi connectivity index (χ4v) is 3.16. The molecule has 0 spiro atoms. The molecule has 1 aromatic heterocycles. The third-order valence-corrected chi connectivity index (χ3v) is 4.54. The Morgan fingerprint density at radius 1 is 1.48 bits per heavy atom. The average Bonchev–Trinajstić information content (AvgIpc) is 2.99. The first-order valence-electron chi connectivity index (χ1n) is 7.60. The van der Waals surface area contributed by atoms with Crippen molar-refractivity contribution >= 4 is 21.8 Å². The van der Waals surface area contributed by atoms with Crippen LogP contribution in [0.15, 0.2) is 22.7 Å². The van der Waals surface area contributed by atoms with Gasteiger partial charge >= 0.3 is 0 Å². The summed E-state index contributed by atoms with van der Waals surface area (Å²) in [6.07, 6.45) is 0.835. The molecular formula is C16H18BrFN4O. The molecule has 7 heteroatoms. The topological polar surface area (TPSA) is 61.0 Å². The Morgan fingerprint density at radius 3 is 3.09 bits per heavy atom. The predicted octanol–water partition coefficient (Wildman–Crippen LogP) is 2.62. The maximum Gasteiger partial charge on any atom is 0.274 e. The van der Waals surface area contributed by atoms with Crippen LogP contribution in [-0.2, 0) is 19.5 Å². The maximum absolute atomic E-state index is 14.0. The van der Waals surface area contributed by atoms with Gasteiger partial charge in [0.2, 0.25) is 0 Å². The highest BCUT2D eigenvalue weighted by molar-refractivity contribution is 9.10. The van der Waals surface area contributed by atoms with Crippen LogP contribution in [0.25, 0.3) is 0 Å². The SMILES string of the molecule is CCN(Cc1cc(Br)ccc1F)C(=O)c1n[nH]c2c1CNCC2. The van der Waals surface area contributed by atoms with Gasteiger partial charge in [0.05, 0.1) is 0 Å². The highest BCUT2D eigenvalue weighted by Gasteiger charge is 2.25. The van der Waals surface area contributed by atoms with E-state index in [1.807, 2.05) is 6.92 Å². The fraction of sp³-hybridized carbons (Fsp3) is 0.375. The van der Waals surface area contributed by atoms with Gasteiger partial charge in [-0.1, -0.05) is 15.9 Å². The van der Waals surface area contributed by atoms with Gasteiger partial charge in [-0.05, 0) is 25.1 Å². The molecule has 5 nitrogen and oxygen atoms in total. The van der Waals surface area contributed by atoms with Crippen molar-refractivity contribution in [3.05, 3.63) is 51.0 Å². The number of carbonyl (C=O) groups excluding carboxylic acids is 1. The lowest BCUT2D eigenvalue weighted by molar-refractivity contribution is 0.0743. The van der Waals surface area contributed by atoms with Crippen molar-refractivity contribution in [1.82, 2.24) is 20.4 Å². The minimum Gasteiger partial charge on any atom is -0.333 e. The Morgan fingerprint density at radius 2 is 2.30 bits per heavy atom. The number of fused-ring (bicyclic) bond motifs is 1. The van der Waals surface area contributed by atoms with Crippen LogP contribution in [0.5, 0.6) is 0 Å².